The topological polar surface area (TPSA) is 78.7 Å². The average Bonchev–Trinajstić information content (AvgIpc) is 2.78. The maximum absolute atomic E-state index is 11.9. The van der Waals surface area contributed by atoms with Crippen LogP contribution >= 0.6 is 11.6 Å². The van der Waals surface area contributed by atoms with Crippen LogP contribution in [0, 0.1) is 0 Å². The first kappa shape index (κ1) is 12.6. The largest absolute Gasteiger partial charge is 0.392 e. The quantitative estimate of drug-likeness (QED) is 0.851. The molecule has 0 aromatic carbocycles. The highest BCUT2D eigenvalue weighted by Gasteiger charge is 2.10. The van der Waals surface area contributed by atoms with E-state index < -0.39 is 0 Å². The smallest absolute Gasteiger partial charge is 0.278 e. The van der Waals surface area contributed by atoms with E-state index in [4.69, 9.17) is 17.3 Å². The van der Waals surface area contributed by atoms with Crippen molar-refractivity contribution in [1.29, 1.82) is 0 Å². The van der Waals surface area contributed by atoms with Gasteiger partial charge in [0.15, 0.2) is 5.15 Å². The van der Waals surface area contributed by atoms with E-state index in [1.54, 1.807) is 12.5 Å². The molecule has 0 saturated carbocycles. The second-order valence-electron chi connectivity index (χ2n) is 4.27. The molecule has 96 valence electrons. The lowest BCUT2D eigenvalue weighted by atomic mass is 10.3. The van der Waals surface area contributed by atoms with E-state index in [9.17, 15) is 4.79 Å². The molecule has 0 amide bonds. The zero-order chi connectivity index (χ0) is 13.3. The Balaban J connectivity index is 2.38. The van der Waals surface area contributed by atoms with Gasteiger partial charge in [-0.1, -0.05) is 11.6 Å². The highest BCUT2D eigenvalue weighted by Crippen LogP contribution is 2.11. The third-order valence-electron chi connectivity index (χ3n) is 2.66. The van der Waals surface area contributed by atoms with Gasteiger partial charge in [0.25, 0.3) is 5.56 Å². The van der Waals surface area contributed by atoms with Crippen LogP contribution < -0.4 is 11.3 Å². The van der Waals surface area contributed by atoms with Gasteiger partial charge in [-0.25, -0.2) is 9.97 Å². The van der Waals surface area contributed by atoms with Gasteiger partial charge in [-0.3, -0.25) is 9.36 Å². The SMILES string of the molecule is CC(C)n1cncc1Cn1cnc(Cl)c(N)c1=O. The van der Waals surface area contributed by atoms with Crippen molar-refractivity contribution >= 4 is 17.3 Å². The van der Waals surface area contributed by atoms with Gasteiger partial charge >= 0.3 is 0 Å². The molecule has 0 fully saturated rings. The summed E-state index contributed by atoms with van der Waals surface area (Å²) in [6.07, 6.45) is 4.84. The second kappa shape index (κ2) is 4.81. The van der Waals surface area contributed by atoms with Crippen molar-refractivity contribution < 1.29 is 0 Å². The Hall–Kier alpha value is -1.82. The normalized spacial score (nSPS) is 11.1. The molecular weight excluding hydrogens is 254 g/mol. The van der Waals surface area contributed by atoms with Crippen molar-refractivity contribution in [3.8, 4) is 0 Å². The molecule has 0 radical (unpaired) electrons. The first-order chi connectivity index (χ1) is 8.50. The van der Waals surface area contributed by atoms with Gasteiger partial charge in [-0.05, 0) is 13.8 Å². The number of nitrogens with zero attached hydrogens (tertiary/aromatic N) is 4. The van der Waals surface area contributed by atoms with E-state index in [2.05, 4.69) is 9.97 Å². The van der Waals surface area contributed by atoms with Crippen molar-refractivity contribution in [3.05, 3.63) is 40.1 Å². The lowest BCUT2D eigenvalue weighted by molar-refractivity contribution is 0.556. The Morgan fingerprint density at radius 1 is 1.44 bits per heavy atom. The summed E-state index contributed by atoms with van der Waals surface area (Å²) in [5, 5.41) is 0.0358. The van der Waals surface area contributed by atoms with Gasteiger partial charge in [0, 0.05) is 12.2 Å². The first-order valence-electron chi connectivity index (χ1n) is 5.51. The molecule has 2 rings (SSSR count). The number of hydrogen-bond donors (Lipinski definition) is 1. The molecule has 0 aliphatic rings. The van der Waals surface area contributed by atoms with Crippen molar-refractivity contribution in [2.24, 2.45) is 0 Å². The van der Waals surface area contributed by atoms with E-state index >= 15 is 0 Å². The standard InChI is InChI=1S/C11H14ClN5O/c1-7(2)17-5-14-3-8(17)4-16-6-15-10(12)9(13)11(16)18/h3,5-7H,4,13H2,1-2H3. The average molecular weight is 268 g/mol. The van der Waals surface area contributed by atoms with E-state index in [-0.39, 0.29) is 22.4 Å². The molecular formula is C11H14ClN5O. The van der Waals surface area contributed by atoms with E-state index in [1.165, 1.54) is 10.9 Å². The lowest BCUT2D eigenvalue weighted by Crippen LogP contribution is -2.25. The molecule has 6 nitrogen and oxygen atoms in total. The van der Waals surface area contributed by atoms with Crippen LogP contribution in [0.3, 0.4) is 0 Å². The van der Waals surface area contributed by atoms with Gasteiger partial charge in [-0.15, -0.1) is 0 Å². The van der Waals surface area contributed by atoms with E-state index in [0.717, 1.165) is 5.69 Å². The molecule has 2 aromatic heterocycles. The lowest BCUT2D eigenvalue weighted by Gasteiger charge is -2.12. The predicted octanol–water partition coefficient (Wildman–Crippen LogP) is 1.30. The van der Waals surface area contributed by atoms with Crippen LogP contribution in [0.1, 0.15) is 25.6 Å². The van der Waals surface area contributed by atoms with Crippen molar-refractivity contribution in [1.82, 2.24) is 19.1 Å². The number of hydrogen-bond acceptors (Lipinski definition) is 4. The van der Waals surface area contributed by atoms with E-state index in [1.807, 2.05) is 18.4 Å². The summed E-state index contributed by atoms with van der Waals surface area (Å²) >= 11 is 5.68. The highest BCUT2D eigenvalue weighted by molar-refractivity contribution is 6.31. The molecule has 7 heteroatoms. The number of halogens is 1. The van der Waals surface area contributed by atoms with Gasteiger partial charge in [0.1, 0.15) is 5.69 Å². The van der Waals surface area contributed by atoms with Crippen LogP contribution in [0.15, 0.2) is 23.6 Å². The molecule has 2 aromatic rings. The molecule has 0 bridgehead atoms. The van der Waals surface area contributed by atoms with Crippen LogP contribution in [0.25, 0.3) is 0 Å². The summed E-state index contributed by atoms with van der Waals surface area (Å²) in [7, 11) is 0. The zero-order valence-corrected chi connectivity index (χ0v) is 10.9. The molecule has 2 heterocycles. The summed E-state index contributed by atoms with van der Waals surface area (Å²) < 4.78 is 3.40. The van der Waals surface area contributed by atoms with Gasteiger partial charge in [-0.2, -0.15) is 0 Å². The maximum atomic E-state index is 11.9. The van der Waals surface area contributed by atoms with Crippen LogP contribution in [0.4, 0.5) is 5.69 Å². The summed E-state index contributed by atoms with van der Waals surface area (Å²) in [4.78, 5) is 19.8. The number of nitrogen functional groups attached to an aromatic ring is 1. The van der Waals surface area contributed by atoms with Crippen LogP contribution in [-0.2, 0) is 6.54 Å². The molecule has 0 spiro atoms. The molecule has 0 unspecified atom stereocenters. The summed E-state index contributed by atoms with van der Waals surface area (Å²) in [6, 6.07) is 0.274. The molecule has 0 aliphatic carbocycles. The van der Waals surface area contributed by atoms with Crippen molar-refractivity contribution in [2.45, 2.75) is 26.4 Å². The number of imidazole rings is 1. The molecule has 0 atom stereocenters. The third kappa shape index (κ3) is 2.24. The minimum atomic E-state index is -0.341. The fourth-order valence-corrected chi connectivity index (χ4v) is 1.82. The van der Waals surface area contributed by atoms with Crippen molar-refractivity contribution in [3.63, 3.8) is 0 Å². The summed E-state index contributed by atoms with van der Waals surface area (Å²) in [5.41, 5.74) is 6.10. The van der Waals surface area contributed by atoms with Gasteiger partial charge < -0.3 is 10.3 Å². The predicted molar refractivity (Wildman–Crippen MR) is 69.6 cm³/mol. The highest BCUT2D eigenvalue weighted by atomic mass is 35.5. The fourth-order valence-electron chi connectivity index (χ4n) is 1.69. The van der Waals surface area contributed by atoms with Gasteiger partial charge in [0.05, 0.1) is 24.9 Å². The molecule has 18 heavy (non-hydrogen) atoms. The van der Waals surface area contributed by atoms with Crippen molar-refractivity contribution in [2.75, 3.05) is 5.73 Å². The Morgan fingerprint density at radius 3 is 2.83 bits per heavy atom. The number of rotatable bonds is 3. The number of nitrogens with two attached hydrogens (primary N) is 1. The maximum Gasteiger partial charge on any atom is 0.278 e. The summed E-state index contributed by atoms with van der Waals surface area (Å²) in [6.45, 7) is 4.45. The monoisotopic (exact) mass is 267 g/mol. The second-order valence-corrected chi connectivity index (χ2v) is 4.63. The Labute approximate surface area is 109 Å². The van der Waals surface area contributed by atoms with E-state index in [0.29, 0.717) is 6.54 Å². The first-order valence-corrected chi connectivity index (χ1v) is 5.89. The Bertz CT molecular complexity index is 616. The Kier molecular flexibility index (Phi) is 3.38. The van der Waals surface area contributed by atoms with Crippen LogP contribution in [0.2, 0.25) is 5.15 Å². The molecule has 0 saturated heterocycles. The van der Waals surface area contributed by atoms with Gasteiger partial charge in [0.2, 0.25) is 0 Å². The third-order valence-corrected chi connectivity index (χ3v) is 2.96. The van der Waals surface area contributed by atoms with Crippen LogP contribution in [0.5, 0.6) is 0 Å². The Morgan fingerprint density at radius 2 is 2.17 bits per heavy atom. The zero-order valence-electron chi connectivity index (χ0n) is 10.2. The number of aromatic nitrogens is 4. The fraction of sp³-hybridized carbons (Fsp3) is 0.364. The number of anilines is 1. The molecule has 0 aliphatic heterocycles. The molecule has 2 N–H and O–H groups in total. The summed E-state index contributed by atoms with van der Waals surface area (Å²) in [5.74, 6) is 0. The minimum absolute atomic E-state index is 0.0326. The van der Waals surface area contributed by atoms with Crippen LogP contribution in [-0.4, -0.2) is 19.1 Å². The minimum Gasteiger partial charge on any atom is -0.392 e.